The van der Waals surface area contributed by atoms with E-state index in [1.54, 1.807) is 4.90 Å². The van der Waals surface area contributed by atoms with Crippen LogP contribution in [-0.2, 0) is 21.2 Å². The summed E-state index contributed by atoms with van der Waals surface area (Å²) >= 11 is 1.36. The third kappa shape index (κ3) is 5.14. The fraction of sp³-hybridized carbons (Fsp3) is 0.375. The molecule has 0 spiro atoms. The van der Waals surface area contributed by atoms with Crippen molar-refractivity contribution in [3.05, 3.63) is 72.1 Å². The maximum absolute atomic E-state index is 13.4. The Morgan fingerprint density at radius 3 is 2.33 bits per heavy atom. The molecule has 1 saturated heterocycles. The lowest BCUT2D eigenvalue weighted by Gasteiger charge is -2.28. The summed E-state index contributed by atoms with van der Waals surface area (Å²) in [5.74, 6) is 1.62. The summed E-state index contributed by atoms with van der Waals surface area (Å²) in [5.41, 5.74) is 1.98. The number of carbonyl (C=O) groups is 1. The summed E-state index contributed by atoms with van der Waals surface area (Å²) in [6.45, 7) is 0.402. The van der Waals surface area contributed by atoms with Crippen LogP contribution in [0.15, 0.2) is 65.8 Å². The molecule has 2 heterocycles. The van der Waals surface area contributed by atoms with E-state index in [4.69, 9.17) is 0 Å². The number of thioether (sulfide) groups is 1. The van der Waals surface area contributed by atoms with Gasteiger partial charge in [-0.25, -0.2) is 8.42 Å². The Balaban J connectivity index is 1.36. The molecule has 7 nitrogen and oxygen atoms in total. The zero-order valence-electron chi connectivity index (χ0n) is 18.2. The second kappa shape index (κ2) is 9.30. The van der Waals surface area contributed by atoms with Crippen LogP contribution < -0.4 is 0 Å². The monoisotopic (exact) mass is 482 g/mol. The molecule has 2 fully saturated rings. The van der Waals surface area contributed by atoms with Gasteiger partial charge >= 0.3 is 0 Å². The average molecular weight is 483 g/mol. The van der Waals surface area contributed by atoms with Gasteiger partial charge < -0.3 is 4.90 Å². The van der Waals surface area contributed by atoms with Gasteiger partial charge in [-0.2, -0.15) is 0 Å². The Kier molecular flexibility index (Phi) is 6.25. The molecule has 1 unspecified atom stereocenters. The molecule has 3 aromatic rings. The van der Waals surface area contributed by atoms with Crippen LogP contribution in [0.1, 0.15) is 36.6 Å². The van der Waals surface area contributed by atoms with Crippen molar-refractivity contribution in [1.29, 1.82) is 0 Å². The van der Waals surface area contributed by atoms with E-state index in [2.05, 4.69) is 14.8 Å². The van der Waals surface area contributed by atoms with Crippen molar-refractivity contribution in [3.8, 4) is 5.69 Å². The van der Waals surface area contributed by atoms with E-state index in [-0.39, 0.29) is 29.2 Å². The van der Waals surface area contributed by atoms with Crippen LogP contribution >= 0.6 is 11.8 Å². The zero-order chi connectivity index (χ0) is 22.8. The SMILES string of the molecule is O=C(CSc1nnc(C2CC2)n1-c1ccccc1)N(Cc1ccccc1)C1CCS(=O)(=O)C1. The van der Waals surface area contributed by atoms with Gasteiger partial charge in [-0.3, -0.25) is 9.36 Å². The van der Waals surface area contributed by atoms with Gasteiger partial charge in [0.05, 0.1) is 17.3 Å². The van der Waals surface area contributed by atoms with Crippen LogP contribution in [0.2, 0.25) is 0 Å². The smallest absolute Gasteiger partial charge is 0.233 e. The van der Waals surface area contributed by atoms with Crippen LogP contribution in [-0.4, -0.2) is 57.3 Å². The molecular formula is C24H26N4O3S2. The molecule has 1 aromatic heterocycles. The highest BCUT2D eigenvalue weighted by Crippen LogP contribution is 2.41. The van der Waals surface area contributed by atoms with Crippen LogP contribution in [0.25, 0.3) is 5.69 Å². The van der Waals surface area contributed by atoms with Crippen LogP contribution in [0.4, 0.5) is 0 Å². The second-order valence-corrected chi connectivity index (χ2v) is 11.8. The Bertz CT molecular complexity index is 1230. The molecule has 1 saturated carbocycles. The van der Waals surface area contributed by atoms with E-state index in [0.29, 0.717) is 24.0 Å². The normalized spacial score (nSPS) is 19.5. The molecule has 0 radical (unpaired) electrons. The fourth-order valence-corrected chi connectivity index (χ4v) is 6.81. The molecule has 1 aliphatic heterocycles. The maximum atomic E-state index is 13.4. The molecule has 5 rings (SSSR count). The second-order valence-electron chi connectivity index (χ2n) is 8.64. The fourth-order valence-electron chi connectivity index (χ4n) is 4.23. The lowest BCUT2D eigenvalue weighted by molar-refractivity contribution is -0.130. The van der Waals surface area contributed by atoms with Crippen LogP contribution in [0.3, 0.4) is 0 Å². The quantitative estimate of drug-likeness (QED) is 0.457. The molecule has 9 heteroatoms. The number of hydrogen-bond acceptors (Lipinski definition) is 6. The predicted molar refractivity (Wildman–Crippen MR) is 128 cm³/mol. The number of carbonyl (C=O) groups excluding carboxylic acids is 1. The van der Waals surface area contributed by atoms with E-state index in [0.717, 1.165) is 29.9 Å². The zero-order valence-corrected chi connectivity index (χ0v) is 19.8. The molecule has 0 N–H and O–H groups in total. The molecule has 2 aromatic carbocycles. The van der Waals surface area contributed by atoms with Crippen molar-refractivity contribution in [2.75, 3.05) is 17.3 Å². The average Bonchev–Trinajstić information content (AvgIpc) is 3.48. The Labute approximate surface area is 198 Å². The first-order valence-electron chi connectivity index (χ1n) is 11.2. The first-order valence-corrected chi connectivity index (χ1v) is 14.0. The van der Waals surface area contributed by atoms with Crippen molar-refractivity contribution < 1.29 is 13.2 Å². The lowest BCUT2D eigenvalue weighted by Crippen LogP contribution is -2.41. The van der Waals surface area contributed by atoms with E-state index >= 15 is 0 Å². The van der Waals surface area contributed by atoms with Crippen molar-refractivity contribution in [2.24, 2.45) is 0 Å². The van der Waals surface area contributed by atoms with Crippen molar-refractivity contribution in [2.45, 2.75) is 42.9 Å². The van der Waals surface area contributed by atoms with E-state index in [1.807, 2.05) is 60.7 Å². The molecule has 1 aliphatic carbocycles. The lowest BCUT2D eigenvalue weighted by atomic mass is 10.1. The third-order valence-electron chi connectivity index (χ3n) is 6.11. The standard InChI is InChI=1S/C24H26N4O3S2/c29-22(27(15-18-7-3-1-4-8-18)21-13-14-33(30,31)17-21)16-32-24-26-25-23(19-11-12-19)28(24)20-9-5-2-6-10-20/h1-10,19,21H,11-17H2. The number of hydrogen-bond donors (Lipinski definition) is 0. The minimum atomic E-state index is -3.10. The van der Waals surface area contributed by atoms with Gasteiger partial charge in [0.1, 0.15) is 5.82 Å². The van der Waals surface area contributed by atoms with Gasteiger partial charge in [0.25, 0.3) is 0 Å². The number of nitrogens with zero attached hydrogens (tertiary/aromatic N) is 4. The molecular weight excluding hydrogens is 456 g/mol. The van der Waals surface area contributed by atoms with Gasteiger partial charge in [-0.15, -0.1) is 10.2 Å². The molecule has 1 amide bonds. The molecule has 0 bridgehead atoms. The molecule has 33 heavy (non-hydrogen) atoms. The first-order chi connectivity index (χ1) is 16.0. The van der Waals surface area contributed by atoms with Crippen LogP contribution in [0, 0.1) is 0 Å². The minimum absolute atomic E-state index is 0.0300. The van der Waals surface area contributed by atoms with Gasteiger partial charge in [-0.05, 0) is 37.0 Å². The molecule has 1 atom stereocenters. The third-order valence-corrected chi connectivity index (χ3v) is 8.77. The number of aromatic nitrogens is 3. The number of para-hydroxylation sites is 1. The van der Waals surface area contributed by atoms with E-state index < -0.39 is 9.84 Å². The Morgan fingerprint density at radius 2 is 1.70 bits per heavy atom. The maximum Gasteiger partial charge on any atom is 0.233 e. The number of amides is 1. The summed E-state index contributed by atoms with van der Waals surface area (Å²) in [6.07, 6.45) is 2.70. The van der Waals surface area contributed by atoms with Crippen molar-refractivity contribution in [1.82, 2.24) is 19.7 Å². The Morgan fingerprint density at radius 1 is 1.00 bits per heavy atom. The Hall–Kier alpha value is -2.65. The summed E-state index contributed by atoms with van der Waals surface area (Å²) in [5, 5.41) is 9.52. The van der Waals surface area contributed by atoms with Crippen molar-refractivity contribution in [3.63, 3.8) is 0 Å². The predicted octanol–water partition coefficient (Wildman–Crippen LogP) is 3.45. The minimum Gasteiger partial charge on any atom is -0.334 e. The highest BCUT2D eigenvalue weighted by atomic mass is 32.2. The topological polar surface area (TPSA) is 85.2 Å². The summed E-state index contributed by atoms with van der Waals surface area (Å²) in [7, 11) is -3.10. The van der Waals surface area contributed by atoms with Gasteiger partial charge in [0.2, 0.25) is 5.91 Å². The summed E-state index contributed by atoms with van der Waals surface area (Å²) in [4.78, 5) is 15.1. The van der Waals surface area contributed by atoms with E-state index in [9.17, 15) is 13.2 Å². The number of benzene rings is 2. The summed E-state index contributed by atoms with van der Waals surface area (Å²) < 4.78 is 26.3. The van der Waals surface area contributed by atoms with Gasteiger partial charge in [0, 0.05) is 24.2 Å². The number of sulfone groups is 1. The van der Waals surface area contributed by atoms with E-state index in [1.165, 1.54) is 11.8 Å². The highest BCUT2D eigenvalue weighted by Gasteiger charge is 2.35. The largest absolute Gasteiger partial charge is 0.334 e. The van der Waals surface area contributed by atoms with Crippen LogP contribution in [0.5, 0.6) is 0 Å². The molecule has 2 aliphatic rings. The summed E-state index contributed by atoms with van der Waals surface area (Å²) in [6, 6.07) is 19.4. The van der Waals surface area contributed by atoms with Gasteiger partial charge in [0.15, 0.2) is 15.0 Å². The van der Waals surface area contributed by atoms with Gasteiger partial charge in [-0.1, -0.05) is 60.3 Å². The first kappa shape index (κ1) is 22.2. The number of rotatable bonds is 8. The molecule has 172 valence electrons. The van der Waals surface area contributed by atoms with Crippen molar-refractivity contribution >= 4 is 27.5 Å². The highest BCUT2D eigenvalue weighted by molar-refractivity contribution is 7.99.